The number of anilines is 2. The van der Waals surface area contributed by atoms with Gasteiger partial charge in [-0.25, -0.2) is 0 Å². The van der Waals surface area contributed by atoms with E-state index in [1.165, 1.54) is 0 Å². The fourth-order valence-electron chi connectivity index (χ4n) is 4.84. The largest absolute Gasteiger partial charge is 0.350 e. The molecule has 0 aliphatic carbocycles. The van der Waals surface area contributed by atoms with E-state index in [1.807, 2.05) is 66.7 Å². The van der Waals surface area contributed by atoms with E-state index in [0.717, 1.165) is 47.1 Å². The van der Waals surface area contributed by atoms with Crippen LogP contribution in [0, 0.1) is 5.41 Å². The number of halogens is 2. The Morgan fingerprint density at radius 1 is 0.758 bits per heavy atom. The maximum atomic E-state index is 13.9. The van der Waals surface area contributed by atoms with Crippen LogP contribution >= 0.6 is 31.9 Å². The van der Waals surface area contributed by atoms with Gasteiger partial charge in [0.2, 0.25) is 5.91 Å². The van der Waals surface area contributed by atoms with Crippen molar-refractivity contribution in [3.63, 3.8) is 0 Å². The van der Waals surface area contributed by atoms with E-state index in [9.17, 15) is 9.59 Å². The average Bonchev–Trinajstić information content (AvgIpc) is 3.18. The summed E-state index contributed by atoms with van der Waals surface area (Å²) in [5, 5.41) is 4.81. The minimum Gasteiger partial charge on any atom is -0.350 e. The Labute approximate surface area is 206 Å². The Bertz CT molecular complexity index is 1670. The molecule has 4 aromatic carbocycles. The smallest absolute Gasteiger partial charge is 0.245 e. The number of ketones is 1. The van der Waals surface area contributed by atoms with Crippen LogP contribution in [0.2, 0.25) is 0 Å². The van der Waals surface area contributed by atoms with Gasteiger partial charge in [0.15, 0.2) is 5.78 Å². The first-order chi connectivity index (χ1) is 15.8. The molecule has 0 saturated heterocycles. The van der Waals surface area contributed by atoms with Crippen LogP contribution in [0.5, 0.6) is 0 Å². The molecule has 4 nitrogen and oxygen atoms in total. The van der Waals surface area contributed by atoms with Gasteiger partial charge in [-0.2, -0.15) is 0 Å². The van der Waals surface area contributed by atoms with Gasteiger partial charge in [-0.1, -0.05) is 80.4 Å². The lowest BCUT2D eigenvalue weighted by atomic mass is 9.80. The van der Waals surface area contributed by atoms with E-state index in [0.29, 0.717) is 11.4 Å². The highest BCUT2D eigenvalue weighted by Crippen LogP contribution is 2.49. The van der Waals surface area contributed by atoms with Gasteiger partial charge in [0, 0.05) is 25.1 Å². The zero-order valence-corrected chi connectivity index (χ0v) is 21.0. The maximum absolute atomic E-state index is 13.9. The molecule has 1 N–H and O–H groups in total. The monoisotopic (exact) mass is 560 g/mol. The summed E-state index contributed by atoms with van der Waals surface area (Å²) in [4.78, 5) is 32.6. The number of carbonyl (C=O) groups excluding carboxylic acids is 2. The summed E-state index contributed by atoms with van der Waals surface area (Å²) in [7, 11) is 0. The van der Waals surface area contributed by atoms with Crippen LogP contribution in [0.1, 0.15) is 24.3 Å². The van der Waals surface area contributed by atoms with Crippen molar-refractivity contribution in [2.24, 2.45) is 5.41 Å². The number of amides is 1. The Morgan fingerprint density at radius 2 is 1.39 bits per heavy atom. The van der Waals surface area contributed by atoms with Gasteiger partial charge < -0.3 is 4.98 Å². The minimum atomic E-state index is -1.20. The van der Waals surface area contributed by atoms with Gasteiger partial charge in [0.05, 0.1) is 16.9 Å². The molecule has 162 valence electrons. The molecule has 6 heteroatoms. The maximum Gasteiger partial charge on any atom is 0.245 e. The molecule has 5 aromatic rings. The van der Waals surface area contributed by atoms with E-state index in [-0.39, 0.29) is 11.7 Å². The highest BCUT2D eigenvalue weighted by molar-refractivity contribution is 9.11. The molecule has 0 saturated carbocycles. The first-order valence-corrected chi connectivity index (χ1v) is 12.2. The molecule has 1 aliphatic heterocycles. The number of carbonyl (C=O) groups is 2. The van der Waals surface area contributed by atoms with Crippen molar-refractivity contribution < 1.29 is 9.59 Å². The Hall–Kier alpha value is -2.96. The first-order valence-electron chi connectivity index (χ1n) is 10.6. The Morgan fingerprint density at radius 3 is 2.18 bits per heavy atom. The van der Waals surface area contributed by atoms with Gasteiger partial charge in [-0.05, 0) is 42.8 Å². The molecule has 33 heavy (non-hydrogen) atoms. The predicted molar refractivity (Wildman–Crippen MR) is 140 cm³/mol. The van der Waals surface area contributed by atoms with Crippen LogP contribution in [0.15, 0.2) is 75.7 Å². The SMILES string of the molecule is CC1(C)C(=O)c2[nH]c3c(cc(Br)c4ccccc43)c2N(c2cccc3c(Br)cccc23)C1=O. The number of aromatic amines is 1. The van der Waals surface area contributed by atoms with Crippen LogP contribution in [0.3, 0.4) is 0 Å². The topological polar surface area (TPSA) is 53.2 Å². The molecule has 0 bridgehead atoms. The summed E-state index contributed by atoms with van der Waals surface area (Å²) in [6, 6.07) is 21.9. The Balaban J connectivity index is 1.78. The number of aromatic nitrogens is 1. The molecule has 6 rings (SSSR count). The standard InChI is InChI=1S/C27H18Br2N2O2/c1-27(2)25(32)23-24(18-13-20(29)15-7-3-4-8-17(15)22(18)30-23)31(26(27)33)21-12-6-9-14-16(21)10-5-11-19(14)28/h3-13,30H,1-2H3. The number of Topliss-reactive ketones (excluding diaryl/α,β-unsaturated/α-hetero) is 1. The van der Waals surface area contributed by atoms with Gasteiger partial charge in [0.25, 0.3) is 0 Å². The molecule has 0 unspecified atom stereocenters. The van der Waals surface area contributed by atoms with Gasteiger partial charge >= 0.3 is 0 Å². The second kappa shape index (κ2) is 7.02. The number of hydrogen-bond donors (Lipinski definition) is 1. The van der Waals surface area contributed by atoms with Crippen molar-refractivity contribution in [1.82, 2.24) is 4.98 Å². The van der Waals surface area contributed by atoms with Crippen LogP contribution < -0.4 is 4.90 Å². The number of hydrogen-bond acceptors (Lipinski definition) is 2. The van der Waals surface area contributed by atoms with Crippen molar-refractivity contribution in [3.05, 3.63) is 81.4 Å². The molecule has 0 spiro atoms. The summed E-state index contributed by atoms with van der Waals surface area (Å²) >= 11 is 7.33. The van der Waals surface area contributed by atoms with E-state index in [2.05, 4.69) is 36.8 Å². The molecular weight excluding hydrogens is 544 g/mol. The summed E-state index contributed by atoms with van der Waals surface area (Å²) in [6.45, 7) is 3.41. The predicted octanol–water partition coefficient (Wildman–Crippen LogP) is 7.89. The second-order valence-corrected chi connectivity index (χ2v) is 10.6. The number of benzene rings is 4. The lowest BCUT2D eigenvalue weighted by Gasteiger charge is -2.36. The third-order valence-corrected chi connectivity index (χ3v) is 7.93. The molecule has 1 amide bonds. The van der Waals surface area contributed by atoms with Gasteiger partial charge in [-0.15, -0.1) is 0 Å². The van der Waals surface area contributed by atoms with E-state index in [1.54, 1.807) is 18.7 Å². The molecule has 0 fully saturated rings. The minimum absolute atomic E-state index is 0.198. The summed E-state index contributed by atoms with van der Waals surface area (Å²) < 4.78 is 1.87. The van der Waals surface area contributed by atoms with Crippen molar-refractivity contribution >= 4 is 87.4 Å². The van der Waals surface area contributed by atoms with Gasteiger partial charge in [-0.3, -0.25) is 14.5 Å². The van der Waals surface area contributed by atoms with Crippen LogP contribution in [-0.2, 0) is 4.79 Å². The summed E-state index contributed by atoms with van der Waals surface area (Å²) in [6.07, 6.45) is 0. The lowest BCUT2D eigenvalue weighted by molar-refractivity contribution is -0.124. The first kappa shape index (κ1) is 20.6. The molecular formula is C27H18Br2N2O2. The molecule has 1 aromatic heterocycles. The second-order valence-electron chi connectivity index (χ2n) is 8.88. The van der Waals surface area contributed by atoms with E-state index < -0.39 is 5.41 Å². The number of nitrogens with one attached hydrogen (secondary N) is 1. The fourth-order valence-corrected chi connectivity index (χ4v) is 5.91. The van der Waals surface area contributed by atoms with Gasteiger partial charge in [0.1, 0.15) is 11.1 Å². The number of nitrogens with zero attached hydrogens (tertiary/aromatic N) is 1. The van der Waals surface area contributed by atoms with Crippen molar-refractivity contribution in [3.8, 4) is 0 Å². The highest BCUT2D eigenvalue weighted by atomic mass is 79.9. The summed E-state index contributed by atoms with van der Waals surface area (Å²) in [5.41, 5.74) is 1.48. The van der Waals surface area contributed by atoms with Crippen LogP contribution in [-0.4, -0.2) is 16.7 Å². The van der Waals surface area contributed by atoms with E-state index >= 15 is 0 Å². The number of fused-ring (bicyclic) bond motifs is 6. The quantitative estimate of drug-likeness (QED) is 0.212. The van der Waals surface area contributed by atoms with E-state index in [4.69, 9.17) is 0 Å². The molecule has 0 radical (unpaired) electrons. The normalized spacial score (nSPS) is 15.6. The van der Waals surface area contributed by atoms with Crippen molar-refractivity contribution in [2.45, 2.75) is 13.8 Å². The highest BCUT2D eigenvalue weighted by Gasteiger charge is 2.48. The Kier molecular flexibility index (Phi) is 4.39. The molecule has 1 aliphatic rings. The number of H-pyrrole nitrogens is 1. The lowest BCUT2D eigenvalue weighted by Crippen LogP contribution is -2.47. The van der Waals surface area contributed by atoms with Crippen LogP contribution in [0.4, 0.5) is 11.4 Å². The average molecular weight is 562 g/mol. The fraction of sp³-hybridized carbons (Fsp3) is 0.111. The van der Waals surface area contributed by atoms with Crippen LogP contribution in [0.25, 0.3) is 32.4 Å². The van der Waals surface area contributed by atoms with Crippen molar-refractivity contribution in [1.29, 1.82) is 0 Å². The number of rotatable bonds is 1. The molecule has 0 atom stereocenters. The summed E-state index contributed by atoms with van der Waals surface area (Å²) in [5.74, 6) is -0.436. The van der Waals surface area contributed by atoms with Crippen molar-refractivity contribution in [2.75, 3.05) is 4.90 Å². The zero-order chi connectivity index (χ0) is 23.1. The third-order valence-electron chi connectivity index (χ3n) is 6.58. The zero-order valence-electron chi connectivity index (χ0n) is 17.9. The molecule has 2 heterocycles. The third kappa shape index (κ3) is 2.74.